The lowest BCUT2D eigenvalue weighted by Crippen LogP contribution is -2.49. The van der Waals surface area contributed by atoms with Gasteiger partial charge in [-0.15, -0.1) is 0 Å². The van der Waals surface area contributed by atoms with Gasteiger partial charge in [0.25, 0.3) is 0 Å². The van der Waals surface area contributed by atoms with Crippen LogP contribution in [0.25, 0.3) is 0 Å². The number of ether oxygens (including phenoxy) is 1. The van der Waals surface area contributed by atoms with Crippen LogP contribution in [0.15, 0.2) is 12.1 Å². The number of Topliss-reactive ketones (excluding diaryl/α,β-unsaturated/α-hetero) is 1. The van der Waals surface area contributed by atoms with Crippen LogP contribution in [0.3, 0.4) is 0 Å². The van der Waals surface area contributed by atoms with Gasteiger partial charge in [0.15, 0.2) is 5.78 Å². The summed E-state index contributed by atoms with van der Waals surface area (Å²) in [5.41, 5.74) is 3.56. The first-order chi connectivity index (χ1) is 11.3. The molecular formula is C21H28O3. The van der Waals surface area contributed by atoms with Crippen molar-refractivity contribution >= 4 is 11.8 Å². The topological polar surface area (TPSA) is 43.4 Å². The molecule has 1 saturated carbocycles. The number of methoxy groups -OCH3 is 1. The van der Waals surface area contributed by atoms with Gasteiger partial charge in [0, 0.05) is 12.0 Å². The number of fused-ring (bicyclic) bond motifs is 3. The van der Waals surface area contributed by atoms with Gasteiger partial charge in [0.1, 0.15) is 0 Å². The highest BCUT2D eigenvalue weighted by molar-refractivity contribution is 6.04. The number of rotatable bonds is 2. The van der Waals surface area contributed by atoms with Crippen LogP contribution in [-0.4, -0.2) is 18.9 Å². The number of esters is 1. The van der Waals surface area contributed by atoms with Crippen molar-refractivity contribution < 1.29 is 14.3 Å². The first-order valence-electron chi connectivity index (χ1n) is 9.04. The lowest BCUT2D eigenvalue weighted by molar-refractivity contribution is 0.0366. The van der Waals surface area contributed by atoms with Crippen molar-refractivity contribution in [1.29, 1.82) is 0 Å². The highest BCUT2D eigenvalue weighted by atomic mass is 16.5. The van der Waals surface area contributed by atoms with Crippen LogP contribution in [-0.2, 0) is 16.6 Å². The normalized spacial score (nSPS) is 28.0. The molecule has 0 radical (unpaired) electrons. The van der Waals surface area contributed by atoms with Crippen LogP contribution in [0.4, 0.5) is 0 Å². The third-order valence-electron chi connectivity index (χ3n) is 6.59. The molecule has 0 spiro atoms. The summed E-state index contributed by atoms with van der Waals surface area (Å²) < 4.78 is 4.92. The molecule has 1 aromatic rings. The maximum absolute atomic E-state index is 13.1. The first-order valence-corrected chi connectivity index (χ1v) is 9.04. The van der Waals surface area contributed by atoms with Crippen LogP contribution in [0.1, 0.15) is 85.2 Å². The Balaban J connectivity index is 2.24. The number of hydrogen-bond donors (Lipinski definition) is 0. The van der Waals surface area contributed by atoms with E-state index >= 15 is 0 Å². The summed E-state index contributed by atoms with van der Waals surface area (Å²) in [5, 5.41) is 0. The fourth-order valence-corrected chi connectivity index (χ4v) is 5.34. The summed E-state index contributed by atoms with van der Waals surface area (Å²) in [6.45, 7) is 8.93. The SMILES string of the molecule is CCc1c(C(=O)OC)ccc2c1C(=O)C[C@H]1C(C)(C)CCC[C@]21C. The Hall–Kier alpha value is -1.64. The Bertz CT molecular complexity index is 701. The molecule has 0 bridgehead atoms. The van der Waals surface area contributed by atoms with E-state index in [2.05, 4.69) is 20.8 Å². The summed E-state index contributed by atoms with van der Waals surface area (Å²) in [4.78, 5) is 25.2. The smallest absolute Gasteiger partial charge is 0.338 e. The number of carbonyl (C=O) groups excluding carboxylic acids is 2. The van der Waals surface area contributed by atoms with Crippen LogP contribution in [0.2, 0.25) is 0 Å². The molecule has 0 N–H and O–H groups in total. The van der Waals surface area contributed by atoms with Crippen molar-refractivity contribution in [2.75, 3.05) is 7.11 Å². The van der Waals surface area contributed by atoms with E-state index in [-0.39, 0.29) is 22.6 Å². The average Bonchev–Trinajstić information content (AvgIpc) is 2.55. The van der Waals surface area contributed by atoms with Crippen molar-refractivity contribution in [2.45, 2.75) is 65.2 Å². The van der Waals surface area contributed by atoms with E-state index in [1.54, 1.807) is 0 Å². The molecule has 1 fully saturated rings. The molecule has 0 amide bonds. The van der Waals surface area contributed by atoms with Crippen molar-refractivity contribution in [2.24, 2.45) is 11.3 Å². The molecule has 0 unspecified atom stereocenters. The highest BCUT2D eigenvalue weighted by Gasteiger charge is 2.52. The summed E-state index contributed by atoms with van der Waals surface area (Å²) in [6, 6.07) is 3.89. The molecule has 24 heavy (non-hydrogen) atoms. The second-order valence-corrected chi connectivity index (χ2v) is 8.30. The van der Waals surface area contributed by atoms with Gasteiger partial charge in [0.2, 0.25) is 0 Å². The number of carbonyl (C=O) groups is 2. The van der Waals surface area contributed by atoms with Gasteiger partial charge in [-0.05, 0) is 53.2 Å². The second kappa shape index (κ2) is 5.72. The molecule has 0 aliphatic heterocycles. The van der Waals surface area contributed by atoms with Crippen molar-refractivity contribution in [1.82, 2.24) is 0 Å². The zero-order chi connectivity index (χ0) is 17.7. The number of ketones is 1. The van der Waals surface area contributed by atoms with E-state index in [0.717, 1.165) is 23.1 Å². The zero-order valence-electron chi connectivity index (χ0n) is 15.5. The molecule has 2 aliphatic carbocycles. The quantitative estimate of drug-likeness (QED) is 0.739. The minimum absolute atomic E-state index is 0.0174. The fraction of sp³-hybridized carbons (Fsp3) is 0.619. The Kier molecular flexibility index (Phi) is 4.09. The van der Waals surface area contributed by atoms with Crippen LogP contribution < -0.4 is 0 Å². The lowest BCUT2D eigenvalue weighted by Gasteiger charge is -2.54. The van der Waals surface area contributed by atoms with Gasteiger partial charge < -0.3 is 4.74 Å². The Morgan fingerprint density at radius 1 is 1.25 bits per heavy atom. The molecule has 0 heterocycles. The number of benzene rings is 1. The number of hydrogen-bond acceptors (Lipinski definition) is 3. The van der Waals surface area contributed by atoms with Crippen LogP contribution in [0.5, 0.6) is 0 Å². The van der Waals surface area contributed by atoms with E-state index in [9.17, 15) is 9.59 Å². The van der Waals surface area contributed by atoms with Gasteiger partial charge in [-0.1, -0.05) is 40.2 Å². The average molecular weight is 328 g/mol. The second-order valence-electron chi connectivity index (χ2n) is 8.30. The zero-order valence-corrected chi connectivity index (χ0v) is 15.5. The molecule has 0 aromatic heterocycles. The molecule has 130 valence electrons. The molecular weight excluding hydrogens is 300 g/mol. The largest absolute Gasteiger partial charge is 0.465 e. The molecule has 0 saturated heterocycles. The van der Waals surface area contributed by atoms with Gasteiger partial charge in [-0.3, -0.25) is 4.79 Å². The van der Waals surface area contributed by atoms with E-state index in [1.165, 1.54) is 20.0 Å². The molecule has 3 nitrogen and oxygen atoms in total. The lowest BCUT2D eigenvalue weighted by atomic mass is 9.50. The molecule has 2 aliphatic rings. The molecule has 1 aromatic carbocycles. The minimum atomic E-state index is -0.348. The van der Waals surface area contributed by atoms with E-state index in [0.29, 0.717) is 24.3 Å². The van der Waals surface area contributed by atoms with Crippen molar-refractivity contribution in [3.63, 3.8) is 0 Å². The van der Waals surface area contributed by atoms with Gasteiger partial charge >= 0.3 is 5.97 Å². The Labute approximate surface area is 144 Å². The summed E-state index contributed by atoms with van der Waals surface area (Å²) in [5.74, 6) is 0.219. The van der Waals surface area contributed by atoms with Crippen LogP contribution >= 0.6 is 0 Å². The molecule has 3 rings (SSSR count). The van der Waals surface area contributed by atoms with E-state index < -0.39 is 0 Å². The maximum Gasteiger partial charge on any atom is 0.338 e. The van der Waals surface area contributed by atoms with Gasteiger partial charge in [-0.2, -0.15) is 0 Å². The van der Waals surface area contributed by atoms with E-state index in [4.69, 9.17) is 4.74 Å². The van der Waals surface area contributed by atoms with Crippen molar-refractivity contribution in [3.8, 4) is 0 Å². The predicted molar refractivity (Wildman–Crippen MR) is 94.6 cm³/mol. The summed E-state index contributed by atoms with van der Waals surface area (Å²) in [6.07, 6.45) is 4.74. The summed E-state index contributed by atoms with van der Waals surface area (Å²) in [7, 11) is 1.39. The minimum Gasteiger partial charge on any atom is -0.465 e. The third-order valence-corrected chi connectivity index (χ3v) is 6.59. The highest BCUT2D eigenvalue weighted by Crippen LogP contribution is 2.57. The van der Waals surface area contributed by atoms with Gasteiger partial charge in [-0.25, -0.2) is 4.79 Å². The Morgan fingerprint density at radius 2 is 1.96 bits per heavy atom. The molecule has 2 atom stereocenters. The first kappa shape index (κ1) is 17.2. The van der Waals surface area contributed by atoms with Crippen LogP contribution in [0, 0.1) is 11.3 Å². The van der Waals surface area contributed by atoms with Crippen molar-refractivity contribution in [3.05, 3.63) is 34.4 Å². The monoisotopic (exact) mass is 328 g/mol. The predicted octanol–water partition coefficient (Wildman–Crippen LogP) is 4.71. The fourth-order valence-electron chi connectivity index (χ4n) is 5.34. The standard InChI is InChI=1S/C21H28O3/c1-6-13-14(19(23)24-5)8-9-15-18(13)16(22)12-17-20(2,3)10-7-11-21(15,17)4/h8-9,17H,6-7,10-12H2,1-5H3/t17-,21+/m0/s1. The van der Waals surface area contributed by atoms with Gasteiger partial charge in [0.05, 0.1) is 12.7 Å². The summed E-state index contributed by atoms with van der Waals surface area (Å²) >= 11 is 0. The molecule has 3 heteroatoms. The Morgan fingerprint density at radius 3 is 2.58 bits per heavy atom. The van der Waals surface area contributed by atoms with E-state index in [1.807, 2.05) is 19.1 Å². The maximum atomic E-state index is 13.1. The third kappa shape index (κ3) is 2.32.